The fourth-order valence-corrected chi connectivity index (χ4v) is 4.67. The molecule has 2 aliphatic heterocycles. The van der Waals surface area contributed by atoms with E-state index in [1.54, 1.807) is 6.92 Å². The van der Waals surface area contributed by atoms with Crippen LogP contribution in [0.4, 0.5) is 31.1 Å². The topological polar surface area (TPSA) is 74.2 Å². The van der Waals surface area contributed by atoms with Gasteiger partial charge in [-0.3, -0.25) is 0 Å². The van der Waals surface area contributed by atoms with Crippen LogP contribution in [0.5, 0.6) is 0 Å². The number of likely N-dealkylation sites (tertiary alicyclic amines) is 1. The zero-order chi connectivity index (χ0) is 27.4. The van der Waals surface area contributed by atoms with Crippen LogP contribution in [0.2, 0.25) is 10.0 Å². The first-order valence-electron chi connectivity index (χ1n) is 10.9. The van der Waals surface area contributed by atoms with E-state index in [1.165, 1.54) is 29.2 Å². The van der Waals surface area contributed by atoms with Gasteiger partial charge in [-0.15, -0.1) is 0 Å². The molecule has 0 bridgehead atoms. The van der Waals surface area contributed by atoms with Crippen molar-refractivity contribution < 1.29 is 41.1 Å². The van der Waals surface area contributed by atoms with Gasteiger partial charge in [0, 0.05) is 18.5 Å². The predicted molar refractivity (Wildman–Crippen MR) is 122 cm³/mol. The average Bonchev–Trinajstić information content (AvgIpc) is 3.25. The number of halogens is 8. The minimum atomic E-state index is -5.16. The number of amides is 2. The summed E-state index contributed by atoms with van der Waals surface area (Å²) in [5.41, 5.74) is -6.53. The standard InChI is InChI=1S/C23H19Cl2F6N3O3/c1-2-32-19(35)34-10-20(36,11-34)13-5-3-12(4-6-13)17-9-21(37-33-17,23(29,30)31)14-7-15(22(26,27)28)18(25)16(24)8-14/h3-8,36H,2,9-11H2,1H3,(H,32,35). The summed E-state index contributed by atoms with van der Waals surface area (Å²) in [5.74, 6) is 0. The molecule has 2 aromatic rings. The number of oxime groups is 1. The van der Waals surface area contributed by atoms with Crippen molar-refractivity contribution in [2.24, 2.45) is 5.16 Å². The number of nitrogens with one attached hydrogen (secondary N) is 1. The van der Waals surface area contributed by atoms with E-state index in [2.05, 4.69) is 10.5 Å². The molecule has 2 N–H and O–H groups in total. The van der Waals surface area contributed by atoms with E-state index >= 15 is 0 Å². The first-order valence-corrected chi connectivity index (χ1v) is 11.6. The third-order valence-electron chi connectivity index (χ3n) is 6.26. The Labute approximate surface area is 216 Å². The number of alkyl halides is 6. The fourth-order valence-electron chi connectivity index (χ4n) is 4.23. The summed E-state index contributed by atoms with van der Waals surface area (Å²) in [4.78, 5) is 18.1. The molecule has 1 saturated heterocycles. The fraction of sp³-hybridized carbons (Fsp3) is 0.391. The van der Waals surface area contributed by atoms with E-state index in [4.69, 9.17) is 28.0 Å². The average molecular weight is 570 g/mol. The van der Waals surface area contributed by atoms with Gasteiger partial charge >= 0.3 is 18.4 Å². The Bertz CT molecular complexity index is 1240. The lowest BCUT2D eigenvalue weighted by atomic mass is 9.83. The Kier molecular flexibility index (Phi) is 6.83. The van der Waals surface area contributed by atoms with Crippen LogP contribution in [0.1, 0.15) is 35.6 Å². The smallest absolute Gasteiger partial charge is 0.381 e. The van der Waals surface area contributed by atoms with Crippen molar-refractivity contribution in [3.05, 3.63) is 68.7 Å². The minimum absolute atomic E-state index is 0.0261. The van der Waals surface area contributed by atoms with Gasteiger partial charge in [-0.05, 0) is 30.2 Å². The molecule has 0 spiro atoms. The van der Waals surface area contributed by atoms with E-state index in [9.17, 15) is 36.2 Å². The molecule has 0 saturated carbocycles. The number of β-amino-alcohol motifs (C(OH)–C–C–N with tert-alkyl or cyclic N) is 1. The second kappa shape index (κ2) is 9.25. The van der Waals surface area contributed by atoms with Crippen molar-refractivity contribution in [3.63, 3.8) is 0 Å². The Balaban J connectivity index is 1.59. The zero-order valence-corrected chi connectivity index (χ0v) is 20.5. The molecule has 0 aromatic heterocycles. The van der Waals surface area contributed by atoms with Crippen LogP contribution in [0.15, 0.2) is 41.6 Å². The number of hydrogen-bond acceptors (Lipinski definition) is 4. The summed E-state index contributed by atoms with van der Waals surface area (Å²) in [5, 5.41) is 15.3. The lowest BCUT2D eigenvalue weighted by Crippen LogP contribution is -2.63. The third kappa shape index (κ3) is 4.82. The predicted octanol–water partition coefficient (Wildman–Crippen LogP) is 5.83. The third-order valence-corrected chi connectivity index (χ3v) is 7.06. The van der Waals surface area contributed by atoms with Crippen molar-refractivity contribution in [1.82, 2.24) is 10.2 Å². The van der Waals surface area contributed by atoms with Crippen molar-refractivity contribution in [2.45, 2.75) is 36.9 Å². The summed E-state index contributed by atoms with van der Waals surface area (Å²) in [7, 11) is 0. The Morgan fingerprint density at radius 3 is 2.27 bits per heavy atom. The molecule has 2 aliphatic rings. The highest BCUT2D eigenvalue weighted by Crippen LogP contribution is 2.51. The summed E-state index contributed by atoms with van der Waals surface area (Å²) in [6, 6.07) is 6.37. The van der Waals surface area contributed by atoms with Crippen molar-refractivity contribution >= 4 is 34.9 Å². The summed E-state index contributed by atoms with van der Waals surface area (Å²) in [6.07, 6.45) is -11.2. The number of carbonyl (C=O) groups is 1. The Morgan fingerprint density at radius 1 is 1.11 bits per heavy atom. The van der Waals surface area contributed by atoms with Crippen LogP contribution in [0.3, 0.4) is 0 Å². The maximum Gasteiger partial charge on any atom is 0.435 e. The van der Waals surface area contributed by atoms with Gasteiger partial charge in [-0.25, -0.2) is 4.79 Å². The number of nitrogens with zero attached hydrogens (tertiary/aromatic N) is 2. The quantitative estimate of drug-likeness (QED) is 0.455. The molecule has 200 valence electrons. The summed E-state index contributed by atoms with van der Waals surface area (Å²) < 4.78 is 82.9. The van der Waals surface area contributed by atoms with Gasteiger partial charge in [0.05, 0.1) is 34.4 Å². The molecule has 37 heavy (non-hydrogen) atoms. The molecule has 6 nitrogen and oxygen atoms in total. The number of hydrogen-bond donors (Lipinski definition) is 2. The molecule has 1 atom stereocenters. The molecule has 4 rings (SSSR count). The van der Waals surface area contributed by atoms with Crippen LogP contribution in [-0.4, -0.2) is 47.6 Å². The Hall–Kier alpha value is -2.70. The molecular formula is C23H19Cl2F6N3O3. The number of urea groups is 1. The van der Waals surface area contributed by atoms with Gasteiger partial charge in [0.1, 0.15) is 5.60 Å². The van der Waals surface area contributed by atoms with Crippen molar-refractivity contribution in [3.8, 4) is 0 Å². The maximum atomic E-state index is 14.3. The van der Waals surface area contributed by atoms with E-state index in [-0.39, 0.29) is 36.5 Å². The molecular weight excluding hydrogens is 551 g/mol. The van der Waals surface area contributed by atoms with Gasteiger partial charge in [-0.2, -0.15) is 26.3 Å². The number of carbonyl (C=O) groups excluding carboxylic acids is 1. The second-order valence-corrected chi connectivity index (χ2v) is 9.53. The molecule has 2 amide bonds. The van der Waals surface area contributed by atoms with Crippen LogP contribution in [0.25, 0.3) is 0 Å². The van der Waals surface area contributed by atoms with Crippen molar-refractivity contribution in [1.29, 1.82) is 0 Å². The van der Waals surface area contributed by atoms with Crippen LogP contribution in [0, 0.1) is 0 Å². The maximum absolute atomic E-state index is 14.3. The van der Waals surface area contributed by atoms with Gasteiger partial charge in [0.15, 0.2) is 0 Å². The monoisotopic (exact) mass is 569 g/mol. The Morgan fingerprint density at radius 2 is 1.73 bits per heavy atom. The first kappa shape index (κ1) is 27.3. The normalized spacial score (nSPS) is 21.2. The molecule has 14 heteroatoms. The lowest BCUT2D eigenvalue weighted by Gasteiger charge is -2.46. The van der Waals surface area contributed by atoms with Gasteiger partial charge < -0.3 is 20.2 Å². The van der Waals surface area contributed by atoms with Gasteiger partial charge in [-0.1, -0.05) is 52.6 Å². The first-order chi connectivity index (χ1) is 17.1. The highest BCUT2D eigenvalue weighted by Gasteiger charge is 2.63. The highest BCUT2D eigenvalue weighted by atomic mass is 35.5. The summed E-state index contributed by atoms with van der Waals surface area (Å²) >= 11 is 11.4. The molecule has 1 fully saturated rings. The second-order valence-electron chi connectivity index (χ2n) is 8.75. The molecule has 0 radical (unpaired) electrons. The van der Waals surface area contributed by atoms with E-state index < -0.39 is 51.1 Å². The van der Waals surface area contributed by atoms with E-state index in [0.29, 0.717) is 18.2 Å². The van der Waals surface area contributed by atoms with E-state index in [1.807, 2.05) is 0 Å². The zero-order valence-electron chi connectivity index (χ0n) is 19.0. The SMILES string of the molecule is CCNC(=O)N1CC(O)(c2ccc(C3=NOC(c4cc(Cl)c(Cl)c(C(F)(F)F)c4)(C(F)(F)F)C3)cc2)C1. The largest absolute Gasteiger partial charge is 0.435 e. The van der Waals surface area contributed by atoms with Crippen LogP contribution >= 0.6 is 23.2 Å². The lowest BCUT2D eigenvalue weighted by molar-refractivity contribution is -0.276. The molecule has 0 aliphatic carbocycles. The summed E-state index contributed by atoms with van der Waals surface area (Å²) in [6.45, 7) is 2.23. The number of benzene rings is 2. The van der Waals surface area contributed by atoms with E-state index in [0.717, 1.165) is 0 Å². The van der Waals surface area contributed by atoms with Crippen molar-refractivity contribution in [2.75, 3.05) is 19.6 Å². The van der Waals surface area contributed by atoms with Gasteiger partial charge in [0.2, 0.25) is 0 Å². The van der Waals surface area contributed by atoms with Gasteiger partial charge in [0.25, 0.3) is 5.60 Å². The highest BCUT2D eigenvalue weighted by molar-refractivity contribution is 6.42. The molecule has 2 aromatic carbocycles. The number of aliphatic hydroxyl groups is 1. The minimum Gasteiger partial charge on any atom is -0.381 e. The van der Waals surface area contributed by atoms with Crippen LogP contribution < -0.4 is 5.32 Å². The van der Waals surface area contributed by atoms with Crippen LogP contribution in [-0.2, 0) is 22.2 Å². The number of rotatable bonds is 4. The molecule has 1 unspecified atom stereocenters. The molecule has 2 heterocycles.